The zero-order chi connectivity index (χ0) is 9.14. The Hall–Kier alpha value is -0.900. The predicted octanol–water partition coefficient (Wildman–Crippen LogP) is 0.170. The Morgan fingerprint density at radius 2 is 2.17 bits per heavy atom. The first kappa shape index (κ1) is 9.19. The summed E-state index contributed by atoms with van der Waals surface area (Å²) in [4.78, 5) is 23.5. The van der Waals surface area contributed by atoms with Gasteiger partial charge in [-0.3, -0.25) is 9.69 Å². The number of ether oxygens (including phenoxy) is 1. The van der Waals surface area contributed by atoms with Gasteiger partial charge in [0.25, 0.3) is 0 Å². The van der Waals surface area contributed by atoms with Gasteiger partial charge in [-0.05, 0) is 26.4 Å². The standard InChI is InChI=1S/C8H13NO3/c1-6(10)12-8(11)7-4-3-5-9(7)2/h7H,3-5H2,1-2H3. The number of rotatable bonds is 1. The highest BCUT2D eigenvalue weighted by Crippen LogP contribution is 2.15. The van der Waals surface area contributed by atoms with Gasteiger partial charge in [-0.2, -0.15) is 0 Å². The number of hydrogen-bond acceptors (Lipinski definition) is 4. The van der Waals surface area contributed by atoms with Crippen LogP contribution in [0, 0.1) is 0 Å². The quantitative estimate of drug-likeness (QED) is 0.417. The first-order valence-corrected chi connectivity index (χ1v) is 4.04. The van der Waals surface area contributed by atoms with Crippen molar-refractivity contribution in [2.75, 3.05) is 13.6 Å². The van der Waals surface area contributed by atoms with Crippen molar-refractivity contribution in [1.82, 2.24) is 4.90 Å². The first-order valence-electron chi connectivity index (χ1n) is 4.04. The lowest BCUT2D eigenvalue weighted by atomic mass is 10.2. The van der Waals surface area contributed by atoms with Crippen LogP contribution in [0.1, 0.15) is 19.8 Å². The van der Waals surface area contributed by atoms with Crippen molar-refractivity contribution in [3.05, 3.63) is 0 Å². The molecule has 0 aromatic rings. The van der Waals surface area contributed by atoms with Gasteiger partial charge in [0.15, 0.2) is 0 Å². The van der Waals surface area contributed by atoms with Crippen LogP contribution in [-0.4, -0.2) is 36.5 Å². The summed E-state index contributed by atoms with van der Waals surface area (Å²) < 4.78 is 4.49. The van der Waals surface area contributed by atoms with Gasteiger partial charge in [0.05, 0.1) is 0 Å². The molecule has 0 saturated carbocycles. The summed E-state index contributed by atoms with van der Waals surface area (Å²) in [6.07, 6.45) is 1.79. The topological polar surface area (TPSA) is 46.6 Å². The van der Waals surface area contributed by atoms with Gasteiger partial charge in [0.2, 0.25) is 0 Å². The molecule has 1 saturated heterocycles. The van der Waals surface area contributed by atoms with Crippen molar-refractivity contribution in [3.63, 3.8) is 0 Å². The van der Waals surface area contributed by atoms with Crippen molar-refractivity contribution in [3.8, 4) is 0 Å². The number of carbonyl (C=O) groups is 2. The van der Waals surface area contributed by atoms with E-state index < -0.39 is 11.9 Å². The molecule has 0 aromatic carbocycles. The van der Waals surface area contributed by atoms with Gasteiger partial charge in [-0.15, -0.1) is 0 Å². The fourth-order valence-electron chi connectivity index (χ4n) is 1.42. The second-order valence-corrected chi connectivity index (χ2v) is 3.05. The smallest absolute Gasteiger partial charge is 0.330 e. The van der Waals surface area contributed by atoms with E-state index in [0.717, 1.165) is 19.4 Å². The summed E-state index contributed by atoms with van der Waals surface area (Å²) in [5.41, 5.74) is 0. The second-order valence-electron chi connectivity index (χ2n) is 3.05. The molecule has 0 spiro atoms. The minimum atomic E-state index is -0.527. The van der Waals surface area contributed by atoms with E-state index in [0.29, 0.717) is 0 Å². The molecule has 0 aliphatic carbocycles. The lowest BCUT2D eigenvalue weighted by molar-refractivity contribution is -0.161. The van der Waals surface area contributed by atoms with Gasteiger partial charge < -0.3 is 4.74 Å². The minimum absolute atomic E-state index is 0.214. The van der Waals surface area contributed by atoms with Gasteiger partial charge in [0, 0.05) is 6.92 Å². The second kappa shape index (κ2) is 3.67. The van der Waals surface area contributed by atoms with Crippen LogP contribution in [0.2, 0.25) is 0 Å². The van der Waals surface area contributed by atoms with E-state index >= 15 is 0 Å². The maximum Gasteiger partial charge on any atom is 0.330 e. The average molecular weight is 171 g/mol. The Morgan fingerprint density at radius 1 is 1.50 bits per heavy atom. The lowest BCUT2D eigenvalue weighted by Crippen LogP contribution is -2.35. The Morgan fingerprint density at radius 3 is 2.58 bits per heavy atom. The van der Waals surface area contributed by atoms with E-state index in [4.69, 9.17) is 0 Å². The molecule has 1 unspecified atom stereocenters. The van der Waals surface area contributed by atoms with Crippen LogP contribution in [0.4, 0.5) is 0 Å². The molecule has 1 fully saturated rings. The predicted molar refractivity (Wildman–Crippen MR) is 42.4 cm³/mol. The normalized spacial score (nSPS) is 24.0. The summed E-state index contributed by atoms with van der Waals surface area (Å²) >= 11 is 0. The van der Waals surface area contributed by atoms with Crippen molar-refractivity contribution in [1.29, 1.82) is 0 Å². The number of carbonyl (C=O) groups excluding carboxylic acids is 2. The Labute approximate surface area is 71.5 Å². The number of likely N-dealkylation sites (N-methyl/N-ethyl adjacent to an activating group) is 1. The Kier molecular flexibility index (Phi) is 2.81. The van der Waals surface area contributed by atoms with E-state index in [2.05, 4.69) is 4.74 Å². The van der Waals surface area contributed by atoms with Gasteiger partial charge in [-0.25, -0.2) is 4.79 Å². The van der Waals surface area contributed by atoms with Crippen molar-refractivity contribution < 1.29 is 14.3 Å². The number of likely N-dealkylation sites (tertiary alicyclic amines) is 1. The summed E-state index contributed by atoms with van der Waals surface area (Å²) in [5, 5.41) is 0. The molecule has 1 aliphatic rings. The third-order valence-electron chi connectivity index (χ3n) is 2.04. The molecule has 12 heavy (non-hydrogen) atoms. The highest BCUT2D eigenvalue weighted by atomic mass is 16.6. The molecule has 1 rings (SSSR count). The van der Waals surface area contributed by atoms with Gasteiger partial charge in [0.1, 0.15) is 6.04 Å². The lowest BCUT2D eigenvalue weighted by Gasteiger charge is -2.16. The van der Waals surface area contributed by atoms with Crippen molar-refractivity contribution >= 4 is 11.9 Å². The fraction of sp³-hybridized carbons (Fsp3) is 0.750. The Balaban J connectivity index is 2.46. The van der Waals surface area contributed by atoms with Crippen LogP contribution in [-0.2, 0) is 14.3 Å². The first-order chi connectivity index (χ1) is 5.61. The largest absolute Gasteiger partial charge is 0.392 e. The summed E-state index contributed by atoms with van der Waals surface area (Å²) in [6, 6.07) is -0.214. The van der Waals surface area contributed by atoms with Crippen LogP contribution in [0.25, 0.3) is 0 Å². The van der Waals surface area contributed by atoms with Crippen LogP contribution in [0.15, 0.2) is 0 Å². The number of nitrogens with zero attached hydrogens (tertiary/aromatic N) is 1. The molecular weight excluding hydrogens is 158 g/mol. The molecular formula is C8H13NO3. The molecule has 68 valence electrons. The zero-order valence-corrected chi connectivity index (χ0v) is 7.37. The van der Waals surface area contributed by atoms with E-state index in [1.165, 1.54) is 6.92 Å². The maximum atomic E-state index is 11.2. The maximum absolute atomic E-state index is 11.2. The molecule has 1 atom stereocenters. The van der Waals surface area contributed by atoms with Crippen LogP contribution < -0.4 is 0 Å². The fourth-order valence-corrected chi connectivity index (χ4v) is 1.42. The molecule has 0 bridgehead atoms. The van der Waals surface area contributed by atoms with Crippen LogP contribution in [0.5, 0.6) is 0 Å². The molecule has 1 aliphatic heterocycles. The Bertz CT molecular complexity index is 202. The summed E-state index contributed by atoms with van der Waals surface area (Å²) in [5.74, 6) is -0.942. The minimum Gasteiger partial charge on any atom is -0.392 e. The third-order valence-corrected chi connectivity index (χ3v) is 2.04. The van der Waals surface area contributed by atoms with Crippen LogP contribution in [0.3, 0.4) is 0 Å². The molecule has 0 N–H and O–H groups in total. The molecule has 0 amide bonds. The van der Waals surface area contributed by atoms with Crippen molar-refractivity contribution in [2.24, 2.45) is 0 Å². The van der Waals surface area contributed by atoms with Crippen LogP contribution >= 0.6 is 0 Å². The third kappa shape index (κ3) is 2.04. The van der Waals surface area contributed by atoms with Crippen molar-refractivity contribution in [2.45, 2.75) is 25.8 Å². The highest BCUT2D eigenvalue weighted by Gasteiger charge is 2.29. The average Bonchev–Trinajstić information content (AvgIpc) is 2.33. The zero-order valence-electron chi connectivity index (χ0n) is 7.37. The molecule has 4 nitrogen and oxygen atoms in total. The molecule has 0 aromatic heterocycles. The van der Waals surface area contributed by atoms with E-state index in [9.17, 15) is 9.59 Å². The van der Waals surface area contributed by atoms with E-state index in [1.807, 2.05) is 11.9 Å². The van der Waals surface area contributed by atoms with E-state index in [-0.39, 0.29) is 6.04 Å². The molecule has 4 heteroatoms. The SMILES string of the molecule is CC(=O)OC(=O)C1CCCN1C. The highest BCUT2D eigenvalue weighted by molar-refractivity contribution is 5.87. The van der Waals surface area contributed by atoms with Gasteiger partial charge >= 0.3 is 11.9 Å². The summed E-state index contributed by atoms with van der Waals surface area (Å²) in [6.45, 7) is 2.14. The molecule has 1 heterocycles. The molecule has 0 radical (unpaired) electrons. The van der Waals surface area contributed by atoms with Gasteiger partial charge in [-0.1, -0.05) is 0 Å². The number of hydrogen-bond donors (Lipinski definition) is 0. The summed E-state index contributed by atoms with van der Waals surface area (Å²) in [7, 11) is 1.86. The van der Waals surface area contributed by atoms with E-state index in [1.54, 1.807) is 0 Å². The monoisotopic (exact) mass is 171 g/mol. The number of esters is 2.